The number of rotatable bonds is 79. The molecule has 17 nitrogen and oxygen atoms in total. The predicted octanol–water partition coefficient (Wildman–Crippen LogP) is 23.6. The number of phosphoric ester groups is 2. The van der Waals surface area contributed by atoms with Crippen LogP contribution in [0.1, 0.15) is 420 Å². The zero-order chi connectivity index (χ0) is 71.9. The zero-order valence-electron chi connectivity index (χ0n) is 63.9. The molecule has 0 amide bonds. The molecule has 0 saturated heterocycles. The molecule has 98 heavy (non-hydrogen) atoms. The fraction of sp³-hybridized carbons (Fsp3) is 0.949. The summed E-state index contributed by atoms with van der Waals surface area (Å²) in [5.74, 6) is -1.33. The summed E-state index contributed by atoms with van der Waals surface area (Å²) in [6.07, 6.45) is 62.4. The molecule has 0 aliphatic carbocycles. The van der Waals surface area contributed by atoms with Gasteiger partial charge < -0.3 is 33.8 Å². The summed E-state index contributed by atoms with van der Waals surface area (Å²) in [6.45, 7) is 7.32. The van der Waals surface area contributed by atoms with Crippen molar-refractivity contribution in [3.8, 4) is 0 Å². The quantitative estimate of drug-likeness (QED) is 0.0222. The van der Waals surface area contributed by atoms with Gasteiger partial charge in [-0.3, -0.25) is 37.3 Å². The van der Waals surface area contributed by atoms with Crippen LogP contribution in [-0.4, -0.2) is 96.7 Å². The van der Waals surface area contributed by atoms with Gasteiger partial charge in [0.1, 0.15) is 19.3 Å². The third kappa shape index (κ3) is 72.4. The van der Waals surface area contributed by atoms with Gasteiger partial charge in [-0.25, -0.2) is 9.13 Å². The van der Waals surface area contributed by atoms with Crippen LogP contribution in [0.25, 0.3) is 0 Å². The minimum Gasteiger partial charge on any atom is -0.462 e. The number of ether oxygens (including phenoxy) is 4. The van der Waals surface area contributed by atoms with Gasteiger partial charge in [0.25, 0.3) is 0 Å². The second kappa shape index (κ2) is 72.0. The Morgan fingerprint density at radius 2 is 0.469 bits per heavy atom. The molecule has 19 heteroatoms. The number of unbranched alkanes of at least 4 members (excludes halogenated alkanes) is 51. The second-order valence-corrected chi connectivity index (χ2v) is 31.8. The van der Waals surface area contributed by atoms with Crippen molar-refractivity contribution in [1.82, 2.24) is 0 Å². The monoisotopic (exact) mass is 1440 g/mol. The molecule has 0 aromatic heterocycles. The Kier molecular flexibility index (Phi) is 70.6. The van der Waals surface area contributed by atoms with Gasteiger partial charge in [-0.05, 0) is 31.6 Å². The molecule has 582 valence electrons. The van der Waals surface area contributed by atoms with E-state index in [0.29, 0.717) is 25.7 Å². The topological polar surface area (TPSA) is 237 Å². The maximum atomic E-state index is 13.1. The lowest BCUT2D eigenvalue weighted by molar-refractivity contribution is -0.161. The van der Waals surface area contributed by atoms with E-state index in [4.69, 9.17) is 37.0 Å². The molecule has 0 radical (unpaired) electrons. The highest BCUT2D eigenvalue weighted by Crippen LogP contribution is 2.45. The van der Waals surface area contributed by atoms with E-state index in [2.05, 4.69) is 34.6 Å². The first-order valence-electron chi connectivity index (χ1n) is 41.1. The summed E-state index contributed by atoms with van der Waals surface area (Å²) in [5.41, 5.74) is 0. The summed E-state index contributed by atoms with van der Waals surface area (Å²) in [6, 6.07) is 0. The van der Waals surface area contributed by atoms with E-state index in [1.54, 1.807) is 0 Å². The molecule has 3 N–H and O–H groups in total. The summed E-state index contributed by atoms with van der Waals surface area (Å²) in [4.78, 5) is 72.9. The van der Waals surface area contributed by atoms with Crippen LogP contribution in [-0.2, 0) is 65.4 Å². The Labute approximate surface area is 600 Å². The Hall–Kier alpha value is -1.94. The smallest absolute Gasteiger partial charge is 0.462 e. The van der Waals surface area contributed by atoms with Crippen molar-refractivity contribution in [2.24, 2.45) is 5.92 Å². The number of aliphatic hydroxyl groups excluding tert-OH is 1. The summed E-state index contributed by atoms with van der Waals surface area (Å²) in [7, 11) is -9.91. The molecule has 0 saturated carbocycles. The van der Waals surface area contributed by atoms with Gasteiger partial charge in [0.15, 0.2) is 12.2 Å². The number of carbonyl (C=O) groups excluding carboxylic acids is 4. The Bertz CT molecular complexity index is 1870. The number of carbonyl (C=O) groups is 4. The molecule has 0 rings (SSSR count). The van der Waals surface area contributed by atoms with E-state index in [0.717, 1.165) is 95.8 Å². The van der Waals surface area contributed by atoms with Crippen LogP contribution in [0.3, 0.4) is 0 Å². The van der Waals surface area contributed by atoms with Crippen LogP contribution in [0.2, 0.25) is 0 Å². The van der Waals surface area contributed by atoms with Crippen LogP contribution in [0, 0.1) is 5.92 Å². The van der Waals surface area contributed by atoms with Gasteiger partial charge in [0.2, 0.25) is 0 Å². The standard InChI is InChI=1S/C79H154O17P2/c1-6-9-12-15-18-21-24-26-27-28-29-30-31-32-34-40-45-50-55-60-65-79(84)96-75(69-90-77(82)63-58-53-48-43-38-36-35-37-41-46-51-56-61-72(4)5)71-94-98(87,88)92-67-73(80)66-91-97(85,86)93-70-74(68-89-76(81)62-57-52-47-42-23-20-17-14-11-8-3)95-78(83)64-59-54-49-44-39-33-25-22-19-16-13-10-7-2/h72-75,80H,6-71H2,1-5H3,(H,85,86)(H,87,88)/t73-,74+,75+/m0/s1. The largest absolute Gasteiger partial charge is 0.472 e. The zero-order valence-corrected chi connectivity index (χ0v) is 65.7. The Morgan fingerprint density at radius 1 is 0.276 bits per heavy atom. The third-order valence-electron chi connectivity index (χ3n) is 18.5. The Balaban J connectivity index is 5.22. The maximum absolute atomic E-state index is 13.1. The van der Waals surface area contributed by atoms with Crippen LogP contribution in [0.5, 0.6) is 0 Å². The summed E-state index contributed by atoms with van der Waals surface area (Å²) in [5, 5.41) is 10.6. The number of hydrogen-bond donors (Lipinski definition) is 3. The fourth-order valence-corrected chi connectivity index (χ4v) is 13.8. The molecule has 0 bridgehead atoms. The van der Waals surface area contributed by atoms with Gasteiger partial charge in [-0.15, -0.1) is 0 Å². The van der Waals surface area contributed by atoms with E-state index in [1.807, 2.05) is 0 Å². The predicted molar refractivity (Wildman–Crippen MR) is 400 cm³/mol. The molecule has 0 aliphatic heterocycles. The molecule has 0 spiro atoms. The van der Waals surface area contributed by atoms with Gasteiger partial charge in [-0.1, -0.05) is 369 Å². The molecule has 2 unspecified atom stereocenters. The van der Waals surface area contributed by atoms with E-state index < -0.39 is 97.5 Å². The van der Waals surface area contributed by atoms with Crippen molar-refractivity contribution in [3.63, 3.8) is 0 Å². The van der Waals surface area contributed by atoms with Crippen molar-refractivity contribution >= 4 is 39.5 Å². The molecule has 0 heterocycles. The summed E-state index contributed by atoms with van der Waals surface area (Å²) >= 11 is 0. The number of hydrogen-bond acceptors (Lipinski definition) is 15. The number of esters is 4. The minimum atomic E-state index is -4.96. The lowest BCUT2D eigenvalue weighted by Gasteiger charge is -2.21. The third-order valence-corrected chi connectivity index (χ3v) is 20.4. The van der Waals surface area contributed by atoms with Gasteiger partial charge in [-0.2, -0.15) is 0 Å². The lowest BCUT2D eigenvalue weighted by atomic mass is 10.0. The van der Waals surface area contributed by atoms with Crippen molar-refractivity contribution in [1.29, 1.82) is 0 Å². The van der Waals surface area contributed by atoms with Crippen molar-refractivity contribution in [2.45, 2.75) is 438 Å². The average molecular weight is 1440 g/mol. The highest BCUT2D eigenvalue weighted by Gasteiger charge is 2.30. The van der Waals surface area contributed by atoms with E-state index >= 15 is 0 Å². The number of aliphatic hydroxyl groups is 1. The van der Waals surface area contributed by atoms with Gasteiger partial charge in [0, 0.05) is 25.7 Å². The van der Waals surface area contributed by atoms with Crippen LogP contribution >= 0.6 is 15.6 Å². The summed E-state index contributed by atoms with van der Waals surface area (Å²) < 4.78 is 68.6. The SMILES string of the molecule is CCCCCCCCCCCCCCCCCCCCCCC(=O)O[C@H](COC(=O)CCCCCCCCCCCCCCC(C)C)COP(=O)(O)OC[C@@H](O)COP(=O)(O)OC[C@@H](COC(=O)CCCCCCCCCCCC)OC(=O)CCCCCCCCCCCCCCC. The van der Waals surface area contributed by atoms with E-state index in [1.165, 1.54) is 244 Å². The van der Waals surface area contributed by atoms with Gasteiger partial charge >= 0.3 is 39.5 Å². The van der Waals surface area contributed by atoms with E-state index in [9.17, 15) is 43.2 Å². The molecular weight excluding hydrogens is 1280 g/mol. The molecule has 0 aromatic rings. The normalized spacial score (nSPS) is 13.9. The number of phosphoric acid groups is 2. The maximum Gasteiger partial charge on any atom is 0.472 e. The fourth-order valence-electron chi connectivity index (χ4n) is 12.2. The highest BCUT2D eigenvalue weighted by molar-refractivity contribution is 7.47. The van der Waals surface area contributed by atoms with Crippen LogP contribution in [0.15, 0.2) is 0 Å². The van der Waals surface area contributed by atoms with Crippen molar-refractivity contribution < 1.29 is 80.2 Å². The van der Waals surface area contributed by atoms with Crippen molar-refractivity contribution in [2.75, 3.05) is 39.6 Å². The molecule has 0 fully saturated rings. The first kappa shape index (κ1) is 96.1. The first-order valence-corrected chi connectivity index (χ1v) is 44.1. The molecule has 5 atom stereocenters. The molecular formula is C79H154O17P2. The average Bonchev–Trinajstić information content (AvgIpc) is 1.44. The molecule has 0 aliphatic rings. The highest BCUT2D eigenvalue weighted by atomic mass is 31.2. The minimum absolute atomic E-state index is 0.108. The van der Waals surface area contributed by atoms with Gasteiger partial charge in [0.05, 0.1) is 26.4 Å². The second-order valence-electron chi connectivity index (χ2n) is 28.9. The van der Waals surface area contributed by atoms with E-state index in [-0.39, 0.29) is 25.7 Å². The Morgan fingerprint density at radius 3 is 0.694 bits per heavy atom. The van der Waals surface area contributed by atoms with Crippen molar-refractivity contribution in [3.05, 3.63) is 0 Å². The van der Waals surface area contributed by atoms with Crippen LogP contribution in [0.4, 0.5) is 0 Å². The molecule has 0 aromatic carbocycles. The van der Waals surface area contributed by atoms with Crippen LogP contribution < -0.4 is 0 Å². The lowest BCUT2D eigenvalue weighted by Crippen LogP contribution is -2.30. The first-order chi connectivity index (χ1) is 47.5.